The first-order valence-electron chi connectivity index (χ1n) is 2.20. The van der Waals surface area contributed by atoms with E-state index in [4.69, 9.17) is 0 Å². The van der Waals surface area contributed by atoms with Crippen molar-refractivity contribution in [1.29, 1.82) is 0 Å². The second kappa shape index (κ2) is 2.51. The highest BCUT2D eigenvalue weighted by atomic mass is 79.9. The minimum atomic E-state index is 0.147. The van der Waals surface area contributed by atoms with E-state index in [-0.39, 0.29) is 3.23 Å². The number of hydrogen-bond acceptors (Lipinski definition) is 0. The molecule has 0 bridgehead atoms. The third-order valence-corrected chi connectivity index (χ3v) is 7.03. The van der Waals surface area contributed by atoms with E-state index in [2.05, 4.69) is 63.7 Å². The number of alkyl halides is 4. The molecule has 1 aliphatic rings. The Morgan fingerprint density at radius 3 is 1.75 bits per heavy atom. The summed E-state index contributed by atoms with van der Waals surface area (Å²) in [6, 6.07) is 0. The van der Waals surface area contributed by atoms with Crippen LogP contribution in [-0.4, -0.2) is 12.9 Å². The van der Waals surface area contributed by atoms with Crippen LogP contribution in [0.15, 0.2) is 0 Å². The van der Waals surface area contributed by atoms with Crippen molar-refractivity contribution in [3.05, 3.63) is 0 Å². The lowest BCUT2D eigenvalue weighted by molar-refractivity contribution is 0.554. The maximum atomic E-state index is 3.51. The summed E-state index contributed by atoms with van der Waals surface area (Å²) in [5.74, 6) is 0. The molecule has 0 radical (unpaired) electrons. The SMILES string of the molecule is BrC1CC(Br)(Br)C1Br. The summed E-state index contributed by atoms with van der Waals surface area (Å²) in [4.78, 5) is 1.12. The average Bonchev–Trinajstić information content (AvgIpc) is 1.65. The zero-order valence-electron chi connectivity index (χ0n) is 3.87. The molecule has 1 fully saturated rings. The Morgan fingerprint density at radius 2 is 1.75 bits per heavy atom. The van der Waals surface area contributed by atoms with E-state index < -0.39 is 0 Å². The Morgan fingerprint density at radius 1 is 1.25 bits per heavy atom. The molecule has 0 spiro atoms. The molecule has 1 aliphatic carbocycles. The van der Waals surface area contributed by atoms with Gasteiger partial charge in [0.1, 0.15) is 0 Å². The van der Waals surface area contributed by atoms with Gasteiger partial charge in [-0.1, -0.05) is 63.7 Å². The quantitative estimate of drug-likeness (QED) is 0.573. The van der Waals surface area contributed by atoms with Crippen molar-refractivity contribution in [2.24, 2.45) is 0 Å². The van der Waals surface area contributed by atoms with Gasteiger partial charge >= 0.3 is 0 Å². The van der Waals surface area contributed by atoms with Gasteiger partial charge in [0.2, 0.25) is 0 Å². The van der Waals surface area contributed by atoms with E-state index in [9.17, 15) is 0 Å². The zero-order valence-corrected chi connectivity index (χ0v) is 10.2. The van der Waals surface area contributed by atoms with Gasteiger partial charge in [-0.25, -0.2) is 0 Å². The molecule has 0 N–H and O–H groups in total. The van der Waals surface area contributed by atoms with Gasteiger partial charge in [-0.3, -0.25) is 0 Å². The molecule has 0 aromatic rings. The molecule has 0 aliphatic heterocycles. The molecule has 0 amide bonds. The molecule has 8 heavy (non-hydrogen) atoms. The fourth-order valence-electron chi connectivity index (χ4n) is 0.580. The van der Waals surface area contributed by atoms with Gasteiger partial charge in [0.05, 0.1) is 8.06 Å². The van der Waals surface area contributed by atoms with Crippen molar-refractivity contribution in [2.45, 2.75) is 19.3 Å². The Balaban J connectivity index is 2.47. The van der Waals surface area contributed by atoms with Crippen LogP contribution >= 0.6 is 63.7 Å². The first kappa shape index (κ1) is 8.02. The summed E-state index contributed by atoms with van der Waals surface area (Å²) in [7, 11) is 0. The molecule has 0 heterocycles. The number of halogens is 4. The Kier molecular flexibility index (Phi) is 2.52. The highest BCUT2D eigenvalue weighted by Crippen LogP contribution is 2.52. The normalized spacial score (nSPS) is 43.5. The highest BCUT2D eigenvalue weighted by molar-refractivity contribution is 9.26. The topological polar surface area (TPSA) is 0 Å². The largest absolute Gasteiger partial charge is 0.0951 e. The maximum absolute atomic E-state index is 3.51. The Hall–Kier alpha value is 1.92. The first-order chi connectivity index (χ1) is 3.54. The second-order valence-corrected chi connectivity index (χ2v) is 7.94. The first-order valence-corrected chi connectivity index (χ1v) is 5.62. The molecule has 0 saturated heterocycles. The standard InChI is InChI=1S/C4H4Br4/c5-2-1-4(7,8)3(2)6/h2-3H,1H2. The van der Waals surface area contributed by atoms with Crippen LogP contribution in [0.5, 0.6) is 0 Å². The van der Waals surface area contributed by atoms with Crippen molar-refractivity contribution >= 4 is 63.7 Å². The van der Waals surface area contributed by atoms with Gasteiger partial charge in [-0.15, -0.1) is 0 Å². The van der Waals surface area contributed by atoms with Crippen LogP contribution in [0.4, 0.5) is 0 Å². The van der Waals surface area contributed by atoms with E-state index in [1.54, 1.807) is 0 Å². The monoisotopic (exact) mass is 368 g/mol. The van der Waals surface area contributed by atoms with Gasteiger partial charge in [0, 0.05) is 4.83 Å². The predicted octanol–water partition coefficient (Wildman–Crippen LogP) is 3.40. The number of hydrogen-bond donors (Lipinski definition) is 0. The Bertz CT molecular complexity index is 100. The van der Waals surface area contributed by atoms with Crippen LogP contribution in [0.2, 0.25) is 0 Å². The van der Waals surface area contributed by atoms with Crippen LogP contribution in [0.25, 0.3) is 0 Å². The third kappa shape index (κ3) is 1.32. The molecule has 48 valence electrons. The molecular formula is C4H4Br4. The maximum Gasteiger partial charge on any atom is 0.0951 e. The van der Waals surface area contributed by atoms with E-state index in [1.807, 2.05) is 0 Å². The minimum Gasteiger partial charge on any atom is -0.0877 e. The summed E-state index contributed by atoms with van der Waals surface area (Å²) >= 11 is 14.0. The van der Waals surface area contributed by atoms with Crippen molar-refractivity contribution < 1.29 is 0 Å². The van der Waals surface area contributed by atoms with Crippen molar-refractivity contribution in [3.8, 4) is 0 Å². The second-order valence-electron chi connectivity index (χ2n) is 1.88. The molecule has 4 heteroatoms. The van der Waals surface area contributed by atoms with Gasteiger partial charge in [-0.05, 0) is 6.42 Å². The van der Waals surface area contributed by atoms with Crippen LogP contribution < -0.4 is 0 Å². The third-order valence-electron chi connectivity index (χ3n) is 1.19. The molecule has 1 saturated carbocycles. The molecule has 1 rings (SSSR count). The molecule has 0 aromatic heterocycles. The van der Waals surface area contributed by atoms with Crippen LogP contribution in [0.1, 0.15) is 6.42 Å². The van der Waals surface area contributed by atoms with E-state index in [0.29, 0.717) is 9.65 Å². The van der Waals surface area contributed by atoms with Gasteiger partial charge < -0.3 is 0 Å². The number of rotatable bonds is 0. The average molecular weight is 372 g/mol. The summed E-state index contributed by atoms with van der Waals surface area (Å²) in [6.45, 7) is 0. The van der Waals surface area contributed by atoms with Crippen LogP contribution in [-0.2, 0) is 0 Å². The highest BCUT2D eigenvalue weighted by Gasteiger charge is 2.48. The molecule has 2 atom stereocenters. The lowest BCUT2D eigenvalue weighted by atomic mass is 10.00. The Labute approximate surface area is 82.3 Å². The predicted molar refractivity (Wildman–Crippen MR) is 50.6 cm³/mol. The van der Waals surface area contributed by atoms with Crippen molar-refractivity contribution in [1.82, 2.24) is 0 Å². The fraction of sp³-hybridized carbons (Fsp3) is 1.00. The lowest BCUT2D eigenvalue weighted by Crippen LogP contribution is -2.46. The van der Waals surface area contributed by atoms with E-state index in [0.717, 1.165) is 6.42 Å². The minimum absolute atomic E-state index is 0.147. The lowest BCUT2D eigenvalue weighted by Gasteiger charge is -2.41. The molecular weight excluding hydrogens is 368 g/mol. The van der Waals surface area contributed by atoms with Crippen molar-refractivity contribution in [2.75, 3.05) is 0 Å². The summed E-state index contributed by atoms with van der Waals surface area (Å²) in [6.07, 6.45) is 1.13. The molecule has 0 nitrogen and oxygen atoms in total. The van der Waals surface area contributed by atoms with Crippen LogP contribution in [0.3, 0.4) is 0 Å². The van der Waals surface area contributed by atoms with Gasteiger partial charge in [-0.2, -0.15) is 0 Å². The fourth-order valence-corrected chi connectivity index (χ4v) is 4.83. The van der Waals surface area contributed by atoms with Gasteiger partial charge in [0.25, 0.3) is 0 Å². The molecule has 0 aromatic carbocycles. The van der Waals surface area contributed by atoms with Crippen molar-refractivity contribution in [3.63, 3.8) is 0 Å². The summed E-state index contributed by atoms with van der Waals surface area (Å²) in [5.41, 5.74) is 0. The van der Waals surface area contributed by atoms with E-state index >= 15 is 0 Å². The van der Waals surface area contributed by atoms with E-state index in [1.165, 1.54) is 0 Å². The smallest absolute Gasteiger partial charge is 0.0877 e. The zero-order chi connectivity index (χ0) is 6.36. The summed E-state index contributed by atoms with van der Waals surface area (Å²) in [5, 5.41) is 0. The summed E-state index contributed by atoms with van der Waals surface area (Å²) < 4.78 is 0.147. The van der Waals surface area contributed by atoms with Gasteiger partial charge in [0.15, 0.2) is 0 Å². The van der Waals surface area contributed by atoms with Crippen LogP contribution in [0, 0.1) is 0 Å². The molecule has 2 unspecified atom stereocenters.